The lowest BCUT2D eigenvalue weighted by atomic mass is 10.0. The van der Waals surface area contributed by atoms with Gasteiger partial charge in [0.15, 0.2) is 0 Å². The Morgan fingerprint density at radius 3 is 2.00 bits per heavy atom. The molecular formula is C24H23F3N2O2S. The topological polar surface area (TPSA) is 40.6 Å². The highest BCUT2D eigenvalue weighted by molar-refractivity contribution is 7.92. The van der Waals surface area contributed by atoms with E-state index in [0.717, 1.165) is 17.7 Å². The molecule has 0 aliphatic carbocycles. The van der Waals surface area contributed by atoms with E-state index in [-0.39, 0.29) is 16.8 Å². The molecule has 0 amide bonds. The molecule has 1 heterocycles. The van der Waals surface area contributed by atoms with Crippen LogP contribution in [-0.2, 0) is 16.6 Å². The largest absolute Gasteiger partial charge is 0.299 e. The van der Waals surface area contributed by atoms with Crippen LogP contribution < -0.4 is 4.31 Å². The van der Waals surface area contributed by atoms with Crippen molar-refractivity contribution >= 4 is 15.7 Å². The van der Waals surface area contributed by atoms with Crippen molar-refractivity contribution in [1.82, 2.24) is 4.90 Å². The van der Waals surface area contributed by atoms with Crippen LogP contribution in [0.25, 0.3) is 0 Å². The van der Waals surface area contributed by atoms with Gasteiger partial charge in [-0.15, -0.1) is 0 Å². The summed E-state index contributed by atoms with van der Waals surface area (Å²) in [6.45, 7) is 1.82. The Kier molecular flexibility index (Phi) is 6.53. The zero-order valence-corrected chi connectivity index (χ0v) is 18.1. The van der Waals surface area contributed by atoms with Crippen molar-refractivity contribution in [2.75, 3.05) is 17.4 Å². The molecule has 1 saturated heterocycles. The third-order valence-electron chi connectivity index (χ3n) is 5.64. The number of halogens is 3. The predicted octanol–water partition coefficient (Wildman–Crippen LogP) is 4.96. The second kappa shape index (κ2) is 9.34. The van der Waals surface area contributed by atoms with Gasteiger partial charge in [-0.05, 0) is 79.1 Å². The van der Waals surface area contributed by atoms with Gasteiger partial charge in [-0.2, -0.15) is 0 Å². The molecule has 3 aromatic carbocycles. The van der Waals surface area contributed by atoms with E-state index >= 15 is 0 Å². The Bertz CT molecular complexity index is 1160. The summed E-state index contributed by atoms with van der Waals surface area (Å²) < 4.78 is 68.7. The molecule has 0 N–H and O–H groups in total. The van der Waals surface area contributed by atoms with Crippen LogP contribution in [0.2, 0.25) is 0 Å². The van der Waals surface area contributed by atoms with E-state index in [9.17, 15) is 21.6 Å². The van der Waals surface area contributed by atoms with Gasteiger partial charge >= 0.3 is 0 Å². The number of hydrogen-bond donors (Lipinski definition) is 0. The van der Waals surface area contributed by atoms with Gasteiger partial charge in [0.2, 0.25) is 0 Å². The number of anilines is 1. The van der Waals surface area contributed by atoms with Crippen LogP contribution in [0, 0.1) is 17.5 Å². The number of nitrogens with zero attached hydrogens (tertiary/aromatic N) is 2. The summed E-state index contributed by atoms with van der Waals surface area (Å²) in [5.41, 5.74) is 1.22. The van der Waals surface area contributed by atoms with E-state index in [1.54, 1.807) is 6.07 Å². The Balaban J connectivity index is 1.57. The van der Waals surface area contributed by atoms with Gasteiger partial charge in [0, 0.05) is 25.7 Å². The molecule has 1 aliphatic rings. The van der Waals surface area contributed by atoms with Crippen LogP contribution in [0.15, 0.2) is 77.7 Å². The highest BCUT2D eigenvalue weighted by Crippen LogP contribution is 2.31. The van der Waals surface area contributed by atoms with Gasteiger partial charge in [0.05, 0.1) is 10.6 Å². The number of hydrogen-bond acceptors (Lipinski definition) is 3. The molecule has 4 nitrogen and oxygen atoms in total. The lowest BCUT2D eigenvalue weighted by molar-refractivity contribution is 0.206. The molecule has 4 rings (SSSR count). The molecule has 1 aliphatic heterocycles. The first-order valence-electron chi connectivity index (χ1n) is 10.4. The van der Waals surface area contributed by atoms with Gasteiger partial charge in [0.25, 0.3) is 10.0 Å². The maximum Gasteiger partial charge on any atom is 0.264 e. The molecule has 1 fully saturated rings. The summed E-state index contributed by atoms with van der Waals surface area (Å²) in [6.07, 6.45) is 1.10. The van der Waals surface area contributed by atoms with E-state index in [1.807, 2.05) is 6.07 Å². The normalized spacial score (nSPS) is 15.6. The predicted molar refractivity (Wildman–Crippen MR) is 117 cm³/mol. The molecule has 168 valence electrons. The lowest BCUT2D eigenvalue weighted by Gasteiger charge is -2.39. The molecule has 0 atom stereocenters. The Morgan fingerprint density at radius 1 is 0.812 bits per heavy atom. The molecular weight excluding hydrogens is 437 g/mol. The van der Waals surface area contributed by atoms with Gasteiger partial charge in [-0.3, -0.25) is 9.21 Å². The molecule has 3 aromatic rings. The Hall–Kier alpha value is -2.84. The van der Waals surface area contributed by atoms with Gasteiger partial charge < -0.3 is 0 Å². The van der Waals surface area contributed by atoms with Crippen molar-refractivity contribution in [2.24, 2.45) is 0 Å². The fourth-order valence-electron chi connectivity index (χ4n) is 4.06. The minimum atomic E-state index is -3.99. The highest BCUT2D eigenvalue weighted by atomic mass is 32.2. The van der Waals surface area contributed by atoms with Crippen LogP contribution in [0.3, 0.4) is 0 Å². The second-order valence-electron chi connectivity index (χ2n) is 7.87. The van der Waals surface area contributed by atoms with Gasteiger partial charge in [-0.25, -0.2) is 21.6 Å². The molecule has 0 radical (unpaired) electrons. The van der Waals surface area contributed by atoms with E-state index in [1.165, 1.54) is 52.8 Å². The fourth-order valence-corrected chi connectivity index (χ4v) is 5.77. The van der Waals surface area contributed by atoms with Crippen LogP contribution in [0.4, 0.5) is 18.9 Å². The summed E-state index contributed by atoms with van der Waals surface area (Å²) in [5, 5.41) is 0. The van der Waals surface area contributed by atoms with Crippen LogP contribution in [0.5, 0.6) is 0 Å². The zero-order chi connectivity index (χ0) is 22.7. The average Bonchev–Trinajstić information content (AvgIpc) is 2.77. The molecule has 0 saturated carbocycles. The second-order valence-corrected chi connectivity index (χ2v) is 9.68. The number of benzene rings is 3. The molecule has 0 unspecified atom stereocenters. The number of rotatable bonds is 6. The summed E-state index contributed by atoms with van der Waals surface area (Å²) in [7, 11) is -3.99. The smallest absolute Gasteiger partial charge is 0.264 e. The first kappa shape index (κ1) is 22.4. The third-order valence-corrected chi connectivity index (χ3v) is 7.53. The number of likely N-dealkylation sites (tertiary alicyclic amines) is 1. The summed E-state index contributed by atoms with van der Waals surface area (Å²) in [4.78, 5) is 2.13. The van der Waals surface area contributed by atoms with Crippen molar-refractivity contribution in [3.63, 3.8) is 0 Å². The van der Waals surface area contributed by atoms with Crippen molar-refractivity contribution < 1.29 is 21.6 Å². The lowest BCUT2D eigenvalue weighted by Crippen LogP contribution is -2.47. The molecule has 0 spiro atoms. The van der Waals surface area contributed by atoms with Crippen molar-refractivity contribution in [3.05, 3.63) is 95.8 Å². The minimum Gasteiger partial charge on any atom is -0.299 e. The summed E-state index contributed by atoms with van der Waals surface area (Å²) in [5.74, 6) is -1.27. The molecule has 8 heteroatoms. The maximum absolute atomic E-state index is 13.5. The third kappa shape index (κ3) is 4.97. The van der Waals surface area contributed by atoms with Crippen LogP contribution >= 0.6 is 0 Å². The van der Waals surface area contributed by atoms with Crippen molar-refractivity contribution in [2.45, 2.75) is 30.3 Å². The quantitative estimate of drug-likeness (QED) is 0.522. The van der Waals surface area contributed by atoms with E-state index in [0.29, 0.717) is 38.2 Å². The monoisotopic (exact) mass is 460 g/mol. The Morgan fingerprint density at radius 2 is 1.41 bits per heavy atom. The molecule has 32 heavy (non-hydrogen) atoms. The van der Waals surface area contributed by atoms with E-state index < -0.39 is 21.7 Å². The summed E-state index contributed by atoms with van der Waals surface area (Å²) >= 11 is 0. The van der Waals surface area contributed by atoms with Gasteiger partial charge in [0.1, 0.15) is 17.5 Å². The van der Waals surface area contributed by atoms with Crippen molar-refractivity contribution in [3.8, 4) is 0 Å². The first-order valence-corrected chi connectivity index (χ1v) is 11.8. The van der Waals surface area contributed by atoms with Crippen LogP contribution in [0.1, 0.15) is 18.4 Å². The average molecular weight is 461 g/mol. The fraction of sp³-hybridized carbons (Fsp3) is 0.250. The van der Waals surface area contributed by atoms with Gasteiger partial charge in [-0.1, -0.05) is 12.1 Å². The molecule has 0 aromatic heterocycles. The first-order chi connectivity index (χ1) is 15.3. The number of sulfonamides is 1. The SMILES string of the molecule is O=S(=O)(c1ccc(F)cc1)N(c1ccc(F)cc1)C1CCN(Cc2cccc(F)c2)CC1. The minimum absolute atomic E-state index is 0.0228. The Labute approximate surface area is 186 Å². The molecule has 0 bridgehead atoms. The van der Waals surface area contributed by atoms with Crippen molar-refractivity contribution in [1.29, 1.82) is 0 Å². The van der Waals surface area contributed by atoms with E-state index in [2.05, 4.69) is 4.90 Å². The highest BCUT2D eigenvalue weighted by Gasteiger charge is 2.34. The summed E-state index contributed by atoms with van der Waals surface area (Å²) in [6, 6.07) is 16.1. The zero-order valence-electron chi connectivity index (χ0n) is 17.3. The number of piperidine rings is 1. The van der Waals surface area contributed by atoms with Crippen LogP contribution in [-0.4, -0.2) is 32.4 Å². The van der Waals surface area contributed by atoms with E-state index in [4.69, 9.17) is 0 Å². The maximum atomic E-state index is 13.5. The standard InChI is InChI=1S/C24H23F3N2O2S/c25-19-4-8-22(9-5-19)29(32(30,31)24-10-6-20(26)7-11-24)23-12-14-28(15-13-23)17-18-2-1-3-21(27)16-18/h1-11,16,23H,12-15,17H2.